The standard InChI is InChI=1S/C26H46O4/c1-4-6-7-8-9-10-11-12-13-14-15-18-21-29-25(27)23-19-16-17-20-24(23)26(28)30-22(3)5-2/h16-17,22-24H,4-15,18-21H2,1-3H3. The number of carbonyl (C=O) groups is 2. The Morgan fingerprint density at radius 1 is 0.767 bits per heavy atom. The third kappa shape index (κ3) is 11.8. The summed E-state index contributed by atoms with van der Waals surface area (Å²) >= 11 is 0. The predicted octanol–water partition coefficient (Wildman–Crippen LogP) is 7.15. The van der Waals surface area contributed by atoms with E-state index in [0.29, 0.717) is 19.4 Å². The van der Waals surface area contributed by atoms with Crippen LogP contribution in [0.25, 0.3) is 0 Å². The highest BCUT2D eigenvalue weighted by molar-refractivity contribution is 5.82. The van der Waals surface area contributed by atoms with E-state index in [-0.39, 0.29) is 18.0 Å². The highest BCUT2D eigenvalue weighted by Gasteiger charge is 2.36. The van der Waals surface area contributed by atoms with Gasteiger partial charge in [-0.1, -0.05) is 96.6 Å². The number of ether oxygens (including phenoxy) is 2. The minimum absolute atomic E-state index is 0.110. The Kier molecular flexibility index (Phi) is 15.5. The Hall–Kier alpha value is -1.32. The van der Waals surface area contributed by atoms with Crippen LogP contribution in [0, 0.1) is 11.8 Å². The minimum Gasteiger partial charge on any atom is -0.465 e. The molecule has 0 fully saturated rings. The average molecular weight is 423 g/mol. The van der Waals surface area contributed by atoms with Crippen LogP contribution in [0.3, 0.4) is 0 Å². The Morgan fingerprint density at radius 2 is 1.23 bits per heavy atom. The molecule has 0 saturated heterocycles. The molecule has 1 rings (SSSR count). The van der Waals surface area contributed by atoms with Crippen LogP contribution in [0.5, 0.6) is 0 Å². The predicted molar refractivity (Wildman–Crippen MR) is 123 cm³/mol. The first-order chi connectivity index (χ1) is 14.6. The summed E-state index contributed by atoms with van der Waals surface area (Å²) in [4.78, 5) is 24.9. The smallest absolute Gasteiger partial charge is 0.310 e. The van der Waals surface area contributed by atoms with Crippen molar-refractivity contribution in [1.82, 2.24) is 0 Å². The molecule has 4 nitrogen and oxygen atoms in total. The van der Waals surface area contributed by atoms with E-state index in [4.69, 9.17) is 9.47 Å². The molecule has 0 N–H and O–H groups in total. The van der Waals surface area contributed by atoms with Gasteiger partial charge < -0.3 is 9.47 Å². The van der Waals surface area contributed by atoms with E-state index in [1.165, 1.54) is 64.2 Å². The van der Waals surface area contributed by atoms with Crippen molar-refractivity contribution in [1.29, 1.82) is 0 Å². The quantitative estimate of drug-likeness (QED) is 0.142. The number of esters is 2. The first-order valence-corrected chi connectivity index (χ1v) is 12.6. The highest BCUT2D eigenvalue weighted by Crippen LogP contribution is 2.28. The van der Waals surface area contributed by atoms with Gasteiger partial charge in [-0.3, -0.25) is 9.59 Å². The fourth-order valence-electron chi connectivity index (χ4n) is 3.93. The molecule has 1 aliphatic rings. The lowest BCUT2D eigenvalue weighted by Crippen LogP contribution is -2.35. The first-order valence-electron chi connectivity index (χ1n) is 12.6. The molecule has 0 amide bonds. The van der Waals surface area contributed by atoms with Crippen molar-refractivity contribution >= 4 is 11.9 Å². The second-order valence-corrected chi connectivity index (χ2v) is 8.87. The van der Waals surface area contributed by atoms with Gasteiger partial charge in [-0.05, 0) is 32.6 Å². The fourth-order valence-corrected chi connectivity index (χ4v) is 3.93. The zero-order valence-electron chi connectivity index (χ0n) is 19.8. The van der Waals surface area contributed by atoms with Gasteiger partial charge in [0.2, 0.25) is 0 Å². The molecule has 0 saturated carbocycles. The number of hydrogen-bond acceptors (Lipinski definition) is 4. The van der Waals surface area contributed by atoms with Crippen LogP contribution in [0.15, 0.2) is 12.2 Å². The van der Waals surface area contributed by atoms with Crippen molar-refractivity contribution in [3.63, 3.8) is 0 Å². The normalized spacial score (nSPS) is 19.4. The molecular formula is C26H46O4. The number of unbranched alkanes of at least 4 members (excludes halogenated alkanes) is 11. The van der Waals surface area contributed by atoms with Crippen LogP contribution in [0.4, 0.5) is 0 Å². The van der Waals surface area contributed by atoms with Crippen molar-refractivity contribution in [2.45, 2.75) is 123 Å². The van der Waals surface area contributed by atoms with Crippen molar-refractivity contribution in [2.75, 3.05) is 6.61 Å². The van der Waals surface area contributed by atoms with Gasteiger partial charge >= 0.3 is 11.9 Å². The Bertz CT molecular complexity index is 485. The lowest BCUT2D eigenvalue weighted by molar-refractivity contribution is -0.164. The van der Waals surface area contributed by atoms with E-state index in [1.54, 1.807) is 0 Å². The van der Waals surface area contributed by atoms with E-state index in [0.717, 1.165) is 19.3 Å². The van der Waals surface area contributed by atoms with Gasteiger partial charge in [0.15, 0.2) is 0 Å². The molecule has 0 aromatic carbocycles. The van der Waals surface area contributed by atoms with Gasteiger partial charge in [-0.2, -0.15) is 0 Å². The molecule has 0 aliphatic heterocycles. The molecule has 0 aromatic heterocycles. The minimum atomic E-state index is -0.404. The number of allylic oxidation sites excluding steroid dienone is 2. The summed E-state index contributed by atoms with van der Waals surface area (Å²) in [6.45, 7) is 6.59. The summed E-state index contributed by atoms with van der Waals surface area (Å²) in [5.74, 6) is -1.31. The van der Waals surface area contributed by atoms with Crippen LogP contribution >= 0.6 is 0 Å². The molecule has 3 atom stereocenters. The van der Waals surface area contributed by atoms with E-state index < -0.39 is 11.8 Å². The monoisotopic (exact) mass is 422 g/mol. The summed E-state index contributed by atoms with van der Waals surface area (Å²) in [6, 6.07) is 0. The summed E-state index contributed by atoms with van der Waals surface area (Å²) in [7, 11) is 0. The van der Waals surface area contributed by atoms with Gasteiger partial charge in [-0.25, -0.2) is 0 Å². The van der Waals surface area contributed by atoms with Crippen LogP contribution in [-0.4, -0.2) is 24.6 Å². The molecule has 3 unspecified atom stereocenters. The van der Waals surface area contributed by atoms with Gasteiger partial charge in [0, 0.05) is 0 Å². The molecular weight excluding hydrogens is 376 g/mol. The van der Waals surface area contributed by atoms with Crippen molar-refractivity contribution in [3.8, 4) is 0 Å². The zero-order chi connectivity index (χ0) is 22.0. The lowest BCUT2D eigenvalue weighted by atomic mass is 9.83. The van der Waals surface area contributed by atoms with Crippen LogP contribution in [-0.2, 0) is 19.1 Å². The van der Waals surface area contributed by atoms with Crippen molar-refractivity contribution in [2.24, 2.45) is 11.8 Å². The molecule has 4 heteroatoms. The topological polar surface area (TPSA) is 52.6 Å². The summed E-state index contributed by atoms with van der Waals surface area (Å²) in [6.07, 6.45) is 21.2. The average Bonchev–Trinajstić information content (AvgIpc) is 2.76. The van der Waals surface area contributed by atoms with Gasteiger partial charge in [-0.15, -0.1) is 0 Å². The summed E-state index contributed by atoms with van der Waals surface area (Å²) < 4.78 is 11.0. The second kappa shape index (κ2) is 17.4. The van der Waals surface area contributed by atoms with Gasteiger partial charge in [0.1, 0.15) is 0 Å². The number of carbonyl (C=O) groups excluding carboxylic acids is 2. The summed E-state index contributed by atoms with van der Waals surface area (Å²) in [5, 5.41) is 0. The SMILES string of the molecule is CCCCCCCCCCCCCCOC(=O)C1CC=CCC1C(=O)OC(C)CC. The molecule has 0 spiro atoms. The number of rotatable bonds is 17. The van der Waals surface area contributed by atoms with E-state index in [1.807, 2.05) is 26.0 Å². The fraction of sp³-hybridized carbons (Fsp3) is 0.846. The largest absolute Gasteiger partial charge is 0.465 e. The van der Waals surface area contributed by atoms with Crippen molar-refractivity contribution in [3.05, 3.63) is 12.2 Å². The van der Waals surface area contributed by atoms with Gasteiger partial charge in [0.05, 0.1) is 24.5 Å². The van der Waals surface area contributed by atoms with E-state index >= 15 is 0 Å². The maximum Gasteiger partial charge on any atom is 0.310 e. The third-order valence-corrected chi connectivity index (χ3v) is 6.17. The maximum atomic E-state index is 12.5. The van der Waals surface area contributed by atoms with E-state index in [2.05, 4.69) is 6.92 Å². The Balaban J connectivity index is 2.10. The Labute approximate surface area is 185 Å². The maximum absolute atomic E-state index is 12.5. The third-order valence-electron chi connectivity index (χ3n) is 6.17. The molecule has 30 heavy (non-hydrogen) atoms. The molecule has 1 aliphatic carbocycles. The molecule has 0 bridgehead atoms. The van der Waals surface area contributed by atoms with Crippen molar-refractivity contribution < 1.29 is 19.1 Å². The Morgan fingerprint density at radius 3 is 1.73 bits per heavy atom. The number of hydrogen-bond donors (Lipinski definition) is 0. The second-order valence-electron chi connectivity index (χ2n) is 8.87. The van der Waals surface area contributed by atoms with Crippen LogP contribution in [0.2, 0.25) is 0 Å². The summed E-state index contributed by atoms with van der Waals surface area (Å²) in [5.41, 5.74) is 0. The highest BCUT2D eigenvalue weighted by atomic mass is 16.5. The van der Waals surface area contributed by atoms with Gasteiger partial charge in [0.25, 0.3) is 0 Å². The van der Waals surface area contributed by atoms with E-state index in [9.17, 15) is 9.59 Å². The van der Waals surface area contributed by atoms with Crippen LogP contribution < -0.4 is 0 Å². The first kappa shape index (κ1) is 26.7. The molecule has 0 aromatic rings. The molecule has 0 radical (unpaired) electrons. The zero-order valence-corrected chi connectivity index (χ0v) is 19.8. The lowest BCUT2D eigenvalue weighted by Gasteiger charge is -2.26. The molecule has 174 valence electrons. The van der Waals surface area contributed by atoms with Crippen LogP contribution in [0.1, 0.15) is 117 Å². The molecule has 0 heterocycles.